The van der Waals surface area contributed by atoms with Gasteiger partial charge in [0.25, 0.3) is 5.91 Å². The van der Waals surface area contributed by atoms with Gasteiger partial charge in [0.1, 0.15) is 11.6 Å². The summed E-state index contributed by atoms with van der Waals surface area (Å²) < 4.78 is 7.27. The number of ether oxygens (including phenoxy) is 1. The highest BCUT2D eigenvalue weighted by Gasteiger charge is 2.26. The number of Topliss-reactive ketones (excluding diaryl/α,β-unsaturated/α-hetero) is 1. The van der Waals surface area contributed by atoms with Crippen LogP contribution < -0.4 is 16.2 Å². The van der Waals surface area contributed by atoms with E-state index in [9.17, 15) is 14.4 Å². The monoisotopic (exact) mass is 427 g/mol. The van der Waals surface area contributed by atoms with Crippen molar-refractivity contribution in [2.45, 2.75) is 45.1 Å². The smallest absolute Gasteiger partial charge is 0.271 e. The Morgan fingerprint density at radius 1 is 1.13 bits per heavy atom. The lowest BCUT2D eigenvalue weighted by Crippen LogP contribution is -2.39. The highest BCUT2D eigenvalue weighted by atomic mass is 16.5. The van der Waals surface area contributed by atoms with Gasteiger partial charge in [-0.25, -0.2) is 4.98 Å². The SMILES string of the molecule is CCCOc1ccc(C(=O)CCC(=O)N2CCC(n3cnc(C(N)=O)c3N)CC2)cc1. The van der Waals surface area contributed by atoms with Gasteiger partial charge in [-0.3, -0.25) is 14.4 Å². The van der Waals surface area contributed by atoms with Gasteiger partial charge in [0.15, 0.2) is 11.5 Å². The van der Waals surface area contributed by atoms with Crippen molar-refractivity contribution in [1.82, 2.24) is 14.5 Å². The number of anilines is 1. The number of nitrogens with zero attached hydrogens (tertiary/aromatic N) is 3. The number of carbonyl (C=O) groups excluding carboxylic acids is 3. The number of likely N-dealkylation sites (tertiary alicyclic amines) is 1. The number of carbonyl (C=O) groups is 3. The first-order valence-electron chi connectivity index (χ1n) is 10.6. The number of ketones is 1. The first-order chi connectivity index (χ1) is 14.9. The minimum Gasteiger partial charge on any atom is -0.494 e. The Balaban J connectivity index is 1.47. The average molecular weight is 428 g/mol. The average Bonchev–Trinajstić information content (AvgIpc) is 3.17. The van der Waals surface area contributed by atoms with Crippen molar-refractivity contribution < 1.29 is 19.1 Å². The standard InChI is InChI=1S/C22H29N5O4/c1-2-13-31-17-5-3-15(4-6-17)18(28)7-8-19(29)26-11-9-16(10-12-26)27-14-25-20(21(27)23)22(24)30/h3-6,14,16H,2,7-13,23H2,1H3,(H2,24,30). The van der Waals surface area contributed by atoms with Crippen LogP contribution >= 0.6 is 0 Å². The number of rotatable bonds is 9. The predicted octanol–water partition coefficient (Wildman–Crippen LogP) is 2.18. The summed E-state index contributed by atoms with van der Waals surface area (Å²) >= 11 is 0. The van der Waals surface area contributed by atoms with Crippen molar-refractivity contribution in [2.75, 3.05) is 25.4 Å². The molecular formula is C22H29N5O4. The maximum Gasteiger partial charge on any atom is 0.271 e. The summed E-state index contributed by atoms with van der Waals surface area (Å²) in [6.07, 6.45) is 4.18. The summed E-state index contributed by atoms with van der Waals surface area (Å²) in [5, 5.41) is 0. The van der Waals surface area contributed by atoms with Crippen LogP contribution in [0.3, 0.4) is 0 Å². The third-order valence-corrected chi connectivity index (χ3v) is 5.49. The van der Waals surface area contributed by atoms with Crippen LogP contribution in [-0.2, 0) is 4.79 Å². The van der Waals surface area contributed by atoms with Crippen molar-refractivity contribution in [1.29, 1.82) is 0 Å². The molecule has 4 N–H and O–H groups in total. The quantitative estimate of drug-likeness (QED) is 0.589. The summed E-state index contributed by atoms with van der Waals surface area (Å²) in [6, 6.07) is 7.08. The van der Waals surface area contributed by atoms with E-state index >= 15 is 0 Å². The van der Waals surface area contributed by atoms with Crippen LogP contribution in [0.25, 0.3) is 0 Å². The third-order valence-electron chi connectivity index (χ3n) is 5.49. The van der Waals surface area contributed by atoms with Gasteiger partial charge >= 0.3 is 0 Å². The molecule has 1 saturated heterocycles. The summed E-state index contributed by atoms with van der Waals surface area (Å²) in [4.78, 5) is 42.1. The number of primary amides is 1. The van der Waals surface area contributed by atoms with Crippen molar-refractivity contribution in [3.8, 4) is 5.75 Å². The minimum absolute atomic E-state index is 0.0360. The molecule has 1 aromatic heterocycles. The van der Waals surface area contributed by atoms with Gasteiger partial charge in [-0.15, -0.1) is 0 Å². The number of hydrogen-bond donors (Lipinski definition) is 2. The van der Waals surface area contributed by atoms with E-state index in [2.05, 4.69) is 4.98 Å². The van der Waals surface area contributed by atoms with Crippen LogP contribution in [-0.4, -0.2) is 51.7 Å². The van der Waals surface area contributed by atoms with Crippen LogP contribution in [0.2, 0.25) is 0 Å². The fourth-order valence-electron chi connectivity index (χ4n) is 3.72. The molecule has 9 heteroatoms. The molecule has 0 bridgehead atoms. The first kappa shape index (κ1) is 22.3. The highest BCUT2D eigenvalue weighted by Crippen LogP contribution is 2.27. The Bertz CT molecular complexity index is 930. The molecule has 3 rings (SSSR count). The van der Waals surface area contributed by atoms with Crippen LogP contribution in [0, 0.1) is 0 Å². The normalized spacial score (nSPS) is 14.4. The number of hydrogen-bond acceptors (Lipinski definition) is 6. The maximum absolute atomic E-state index is 12.6. The number of nitrogens with two attached hydrogens (primary N) is 2. The van der Waals surface area contributed by atoms with Gasteiger partial charge in [-0.05, 0) is 43.5 Å². The number of piperidine rings is 1. The number of aromatic nitrogens is 2. The van der Waals surface area contributed by atoms with Gasteiger partial charge in [0.2, 0.25) is 5.91 Å². The van der Waals surface area contributed by atoms with E-state index in [0.29, 0.717) is 38.1 Å². The van der Waals surface area contributed by atoms with Gasteiger partial charge < -0.3 is 25.7 Å². The zero-order valence-corrected chi connectivity index (χ0v) is 17.8. The van der Waals surface area contributed by atoms with Crippen LogP contribution in [0.5, 0.6) is 5.75 Å². The highest BCUT2D eigenvalue weighted by molar-refractivity contribution is 5.98. The second-order valence-corrected chi connectivity index (χ2v) is 7.66. The lowest BCUT2D eigenvalue weighted by Gasteiger charge is -2.33. The Labute approximate surface area is 181 Å². The fourth-order valence-corrected chi connectivity index (χ4v) is 3.72. The topological polar surface area (TPSA) is 134 Å². The van der Waals surface area contributed by atoms with Crippen molar-refractivity contribution >= 4 is 23.4 Å². The molecule has 0 aliphatic carbocycles. The molecule has 2 amide bonds. The molecule has 1 aliphatic heterocycles. The Kier molecular flexibility index (Phi) is 7.28. The number of benzene rings is 1. The second-order valence-electron chi connectivity index (χ2n) is 7.66. The van der Waals surface area contributed by atoms with Crippen LogP contribution in [0.15, 0.2) is 30.6 Å². The molecule has 0 radical (unpaired) electrons. The van der Waals surface area contributed by atoms with E-state index < -0.39 is 5.91 Å². The lowest BCUT2D eigenvalue weighted by atomic mass is 10.0. The van der Waals surface area contributed by atoms with Gasteiger partial charge in [0.05, 0.1) is 12.9 Å². The van der Waals surface area contributed by atoms with Gasteiger partial charge in [-0.1, -0.05) is 6.92 Å². The molecule has 1 fully saturated rings. The molecule has 0 spiro atoms. The molecule has 0 unspecified atom stereocenters. The molecule has 1 aromatic carbocycles. The molecule has 2 aromatic rings. The third kappa shape index (κ3) is 5.42. The Morgan fingerprint density at radius 3 is 2.39 bits per heavy atom. The molecule has 1 aliphatic rings. The molecule has 31 heavy (non-hydrogen) atoms. The minimum atomic E-state index is -0.656. The van der Waals surface area contributed by atoms with Crippen LogP contribution in [0.4, 0.5) is 5.82 Å². The van der Waals surface area contributed by atoms with E-state index in [1.54, 1.807) is 33.7 Å². The van der Waals surface area contributed by atoms with Crippen LogP contribution in [0.1, 0.15) is 65.9 Å². The number of amides is 2. The maximum atomic E-state index is 12.6. The Hall–Kier alpha value is -3.36. The number of imidazole rings is 1. The predicted molar refractivity (Wildman–Crippen MR) is 116 cm³/mol. The van der Waals surface area contributed by atoms with E-state index in [1.807, 2.05) is 6.92 Å². The zero-order valence-electron chi connectivity index (χ0n) is 17.8. The second kappa shape index (κ2) is 10.1. The molecule has 2 heterocycles. The summed E-state index contributed by atoms with van der Waals surface area (Å²) in [5.74, 6) is 0.242. The van der Waals surface area contributed by atoms with Gasteiger partial charge in [-0.2, -0.15) is 0 Å². The Morgan fingerprint density at radius 2 is 1.81 bits per heavy atom. The summed E-state index contributed by atoms with van der Waals surface area (Å²) in [5.41, 5.74) is 11.9. The molecule has 0 atom stereocenters. The molecule has 9 nitrogen and oxygen atoms in total. The lowest BCUT2D eigenvalue weighted by molar-refractivity contribution is -0.132. The van der Waals surface area contributed by atoms with E-state index in [1.165, 1.54) is 6.33 Å². The molecular weight excluding hydrogens is 398 g/mol. The van der Waals surface area contributed by atoms with Crippen molar-refractivity contribution in [3.63, 3.8) is 0 Å². The molecule has 166 valence electrons. The van der Waals surface area contributed by atoms with Crippen molar-refractivity contribution in [2.24, 2.45) is 5.73 Å². The summed E-state index contributed by atoms with van der Waals surface area (Å²) in [6.45, 7) is 3.79. The number of nitrogen functional groups attached to an aromatic ring is 1. The fraction of sp³-hybridized carbons (Fsp3) is 0.455. The van der Waals surface area contributed by atoms with Crippen molar-refractivity contribution in [3.05, 3.63) is 41.9 Å². The first-order valence-corrected chi connectivity index (χ1v) is 10.6. The summed E-state index contributed by atoms with van der Waals surface area (Å²) in [7, 11) is 0. The zero-order chi connectivity index (χ0) is 22.4. The van der Waals surface area contributed by atoms with Gasteiger partial charge in [0, 0.05) is 37.5 Å². The van der Waals surface area contributed by atoms with E-state index in [-0.39, 0.29) is 42.1 Å². The van der Waals surface area contributed by atoms with E-state index in [4.69, 9.17) is 16.2 Å². The van der Waals surface area contributed by atoms with E-state index in [0.717, 1.165) is 12.2 Å². The largest absolute Gasteiger partial charge is 0.494 e. The molecule has 0 saturated carbocycles.